The molecule has 2 nitrogen and oxygen atoms in total. The van der Waals surface area contributed by atoms with Gasteiger partial charge in [0.05, 0.1) is 0 Å². The van der Waals surface area contributed by atoms with Crippen LogP contribution in [0, 0.1) is 11.8 Å². The van der Waals surface area contributed by atoms with Gasteiger partial charge in [-0.1, -0.05) is 13.0 Å². The fourth-order valence-electron chi connectivity index (χ4n) is 1.13. The maximum atomic E-state index is 10.9. The molecular formula is C9H15NO. The topological polar surface area (TPSA) is 29.1 Å². The third kappa shape index (κ3) is 2.74. The maximum Gasteiger partial charge on any atom is 0.243 e. The van der Waals surface area contributed by atoms with E-state index in [4.69, 9.17) is 0 Å². The van der Waals surface area contributed by atoms with Crippen molar-refractivity contribution in [2.24, 2.45) is 11.8 Å². The smallest absolute Gasteiger partial charge is 0.243 e. The minimum absolute atomic E-state index is 0.0339. The summed E-state index contributed by atoms with van der Waals surface area (Å²) in [6, 6.07) is 0. The molecule has 1 amide bonds. The molecular weight excluding hydrogens is 138 g/mol. The van der Waals surface area contributed by atoms with Crippen molar-refractivity contribution in [3.8, 4) is 0 Å². The van der Waals surface area contributed by atoms with Crippen LogP contribution in [0.2, 0.25) is 0 Å². The van der Waals surface area contributed by atoms with Crippen LogP contribution < -0.4 is 5.32 Å². The lowest BCUT2D eigenvalue weighted by Crippen LogP contribution is -2.23. The molecule has 0 aromatic rings. The quantitative estimate of drug-likeness (QED) is 0.609. The third-order valence-corrected chi connectivity index (χ3v) is 2.13. The Bertz CT molecular complexity index is 174. The van der Waals surface area contributed by atoms with Crippen LogP contribution in [0.25, 0.3) is 0 Å². The summed E-state index contributed by atoms with van der Waals surface area (Å²) < 4.78 is 0. The molecule has 0 saturated heterocycles. The standard InChI is InChI=1S/C9H15NO/c1-3-4-9(11)10-6-8-5-7(8)2/h3-4,7-8H,5-6H2,1-2H3,(H,10,11)/b4-3+. The molecule has 0 radical (unpaired) electrons. The highest BCUT2D eigenvalue weighted by atomic mass is 16.1. The monoisotopic (exact) mass is 153 g/mol. The zero-order chi connectivity index (χ0) is 8.27. The number of carbonyl (C=O) groups is 1. The van der Waals surface area contributed by atoms with Crippen molar-refractivity contribution in [3.05, 3.63) is 12.2 Å². The summed E-state index contributed by atoms with van der Waals surface area (Å²) in [6.07, 6.45) is 4.59. The van der Waals surface area contributed by atoms with Crippen LogP contribution in [0.5, 0.6) is 0 Å². The van der Waals surface area contributed by atoms with Gasteiger partial charge < -0.3 is 5.32 Å². The van der Waals surface area contributed by atoms with E-state index in [9.17, 15) is 4.79 Å². The summed E-state index contributed by atoms with van der Waals surface area (Å²) in [6.45, 7) is 4.91. The van der Waals surface area contributed by atoms with Gasteiger partial charge >= 0.3 is 0 Å². The zero-order valence-corrected chi connectivity index (χ0v) is 7.13. The first-order valence-corrected chi connectivity index (χ1v) is 4.14. The predicted molar refractivity (Wildman–Crippen MR) is 45.1 cm³/mol. The lowest BCUT2D eigenvalue weighted by atomic mass is 10.3. The summed E-state index contributed by atoms with van der Waals surface area (Å²) >= 11 is 0. The second kappa shape index (κ2) is 3.56. The number of nitrogens with one attached hydrogen (secondary N) is 1. The van der Waals surface area contributed by atoms with Gasteiger partial charge in [0.1, 0.15) is 0 Å². The van der Waals surface area contributed by atoms with Gasteiger partial charge in [0, 0.05) is 6.54 Å². The van der Waals surface area contributed by atoms with Crippen LogP contribution in [-0.4, -0.2) is 12.5 Å². The minimum Gasteiger partial charge on any atom is -0.352 e. The van der Waals surface area contributed by atoms with E-state index in [1.807, 2.05) is 6.92 Å². The Balaban J connectivity index is 2.07. The van der Waals surface area contributed by atoms with Crippen molar-refractivity contribution >= 4 is 5.91 Å². The van der Waals surface area contributed by atoms with Crippen molar-refractivity contribution < 1.29 is 4.79 Å². The van der Waals surface area contributed by atoms with E-state index in [1.54, 1.807) is 12.2 Å². The van der Waals surface area contributed by atoms with Crippen LogP contribution in [0.3, 0.4) is 0 Å². The van der Waals surface area contributed by atoms with E-state index in [0.29, 0.717) is 0 Å². The molecule has 0 aromatic heterocycles. The number of allylic oxidation sites excluding steroid dienone is 1. The highest BCUT2D eigenvalue weighted by Gasteiger charge is 2.32. The van der Waals surface area contributed by atoms with E-state index in [0.717, 1.165) is 18.4 Å². The second-order valence-electron chi connectivity index (χ2n) is 3.22. The first-order chi connectivity index (χ1) is 5.24. The average molecular weight is 153 g/mol. The second-order valence-corrected chi connectivity index (χ2v) is 3.22. The molecule has 1 aliphatic carbocycles. The van der Waals surface area contributed by atoms with Crippen molar-refractivity contribution in [1.82, 2.24) is 5.32 Å². The SMILES string of the molecule is C/C=C/C(=O)NCC1CC1C. The Kier molecular flexibility index (Phi) is 2.69. The molecule has 1 N–H and O–H groups in total. The third-order valence-electron chi connectivity index (χ3n) is 2.13. The molecule has 1 saturated carbocycles. The van der Waals surface area contributed by atoms with Crippen molar-refractivity contribution in [2.75, 3.05) is 6.54 Å². The fourth-order valence-corrected chi connectivity index (χ4v) is 1.13. The summed E-state index contributed by atoms with van der Waals surface area (Å²) in [5, 5.41) is 2.85. The molecule has 1 fully saturated rings. The Hall–Kier alpha value is -0.790. The van der Waals surface area contributed by atoms with E-state index in [1.165, 1.54) is 6.42 Å². The molecule has 0 heterocycles. The van der Waals surface area contributed by atoms with Gasteiger partial charge in [-0.05, 0) is 31.3 Å². The van der Waals surface area contributed by atoms with E-state index in [-0.39, 0.29) is 5.91 Å². The van der Waals surface area contributed by atoms with Gasteiger partial charge in [-0.15, -0.1) is 0 Å². The summed E-state index contributed by atoms with van der Waals surface area (Å²) in [5.74, 6) is 1.59. The van der Waals surface area contributed by atoms with Crippen LogP contribution >= 0.6 is 0 Å². The summed E-state index contributed by atoms with van der Waals surface area (Å²) in [5.41, 5.74) is 0. The number of carbonyl (C=O) groups excluding carboxylic acids is 1. The normalized spacial score (nSPS) is 28.9. The summed E-state index contributed by atoms with van der Waals surface area (Å²) in [7, 11) is 0. The highest BCUT2D eigenvalue weighted by molar-refractivity contribution is 5.87. The molecule has 11 heavy (non-hydrogen) atoms. The van der Waals surface area contributed by atoms with Crippen LogP contribution in [-0.2, 0) is 4.79 Å². The van der Waals surface area contributed by atoms with Crippen molar-refractivity contribution in [3.63, 3.8) is 0 Å². The van der Waals surface area contributed by atoms with Gasteiger partial charge in [-0.2, -0.15) is 0 Å². The van der Waals surface area contributed by atoms with E-state index < -0.39 is 0 Å². The molecule has 2 atom stereocenters. The molecule has 0 spiro atoms. The van der Waals surface area contributed by atoms with Crippen LogP contribution in [0.1, 0.15) is 20.3 Å². The van der Waals surface area contributed by atoms with Crippen molar-refractivity contribution in [1.29, 1.82) is 0 Å². The molecule has 0 aliphatic heterocycles. The van der Waals surface area contributed by atoms with E-state index in [2.05, 4.69) is 12.2 Å². The molecule has 2 unspecified atom stereocenters. The molecule has 2 heteroatoms. The van der Waals surface area contributed by atoms with Crippen LogP contribution in [0.4, 0.5) is 0 Å². The molecule has 1 aliphatic rings. The van der Waals surface area contributed by atoms with Gasteiger partial charge in [0.25, 0.3) is 0 Å². The Labute approximate surface area is 67.7 Å². The zero-order valence-electron chi connectivity index (χ0n) is 7.13. The molecule has 0 bridgehead atoms. The molecule has 62 valence electrons. The number of hydrogen-bond donors (Lipinski definition) is 1. The average Bonchev–Trinajstić information content (AvgIpc) is 2.63. The van der Waals surface area contributed by atoms with Gasteiger partial charge in [-0.25, -0.2) is 0 Å². The summed E-state index contributed by atoms with van der Waals surface area (Å²) in [4.78, 5) is 10.9. The Morgan fingerprint density at radius 1 is 1.73 bits per heavy atom. The molecule has 1 rings (SSSR count). The first-order valence-electron chi connectivity index (χ1n) is 4.14. The highest BCUT2D eigenvalue weighted by Crippen LogP contribution is 2.36. The Morgan fingerprint density at radius 3 is 2.82 bits per heavy atom. The molecule has 0 aromatic carbocycles. The predicted octanol–water partition coefficient (Wildman–Crippen LogP) is 1.33. The fraction of sp³-hybridized carbons (Fsp3) is 0.667. The van der Waals surface area contributed by atoms with E-state index >= 15 is 0 Å². The van der Waals surface area contributed by atoms with Crippen molar-refractivity contribution in [2.45, 2.75) is 20.3 Å². The lowest BCUT2D eigenvalue weighted by Gasteiger charge is -1.98. The maximum absolute atomic E-state index is 10.9. The Morgan fingerprint density at radius 2 is 2.36 bits per heavy atom. The number of rotatable bonds is 3. The first kappa shape index (κ1) is 8.31. The van der Waals surface area contributed by atoms with Gasteiger partial charge in [-0.3, -0.25) is 4.79 Å². The van der Waals surface area contributed by atoms with Crippen LogP contribution in [0.15, 0.2) is 12.2 Å². The largest absolute Gasteiger partial charge is 0.352 e. The lowest BCUT2D eigenvalue weighted by molar-refractivity contribution is -0.116. The number of hydrogen-bond acceptors (Lipinski definition) is 1. The number of amides is 1. The van der Waals surface area contributed by atoms with Gasteiger partial charge in [0.15, 0.2) is 0 Å². The van der Waals surface area contributed by atoms with Gasteiger partial charge in [0.2, 0.25) is 5.91 Å². The minimum atomic E-state index is 0.0339.